The highest BCUT2D eigenvalue weighted by atomic mass is 19.1. The summed E-state index contributed by atoms with van der Waals surface area (Å²) in [6, 6.07) is 12.5. The Morgan fingerprint density at radius 3 is 2.39 bits per heavy atom. The smallest absolute Gasteiger partial charge is 0.269 e. The van der Waals surface area contributed by atoms with Crippen LogP contribution in [0.4, 0.5) is 4.39 Å². The van der Waals surface area contributed by atoms with Crippen molar-refractivity contribution >= 4 is 11.8 Å². The van der Waals surface area contributed by atoms with Crippen molar-refractivity contribution in [2.45, 2.75) is 13.3 Å². The monoisotopic (exact) mass is 316 g/mol. The van der Waals surface area contributed by atoms with Crippen molar-refractivity contribution in [2.24, 2.45) is 0 Å². The van der Waals surface area contributed by atoms with Gasteiger partial charge in [-0.05, 0) is 42.8 Å². The van der Waals surface area contributed by atoms with Gasteiger partial charge in [0.25, 0.3) is 5.91 Å². The number of rotatable bonds is 5. The van der Waals surface area contributed by atoms with Crippen LogP contribution in [-0.4, -0.2) is 18.4 Å². The zero-order chi connectivity index (χ0) is 16.7. The van der Waals surface area contributed by atoms with Crippen molar-refractivity contribution in [3.63, 3.8) is 0 Å². The number of hydrazine groups is 1. The topological polar surface area (TPSA) is 67.4 Å². The van der Waals surface area contributed by atoms with Crippen molar-refractivity contribution < 1.29 is 18.7 Å². The van der Waals surface area contributed by atoms with Crippen LogP contribution in [-0.2, 0) is 11.2 Å². The minimum atomic E-state index is -0.505. The molecule has 6 heteroatoms. The molecule has 0 aliphatic heterocycles. The predicted molar refractivity (Wildman–Crippen MR) is 83.3 cm³/mol. The summed E-state index contributed by atoms with van der Waals surface area (Å²) in [6.45, 7) is 2.41. The number of hydrogen-bond donors (Lipinski definition) is 2. The molecule has 2 N–H and O–H groups in total. The molecular formula is C17H17FN2O3. The maximum atomic E-state index is 13.4. The normalized spacial score (nSPS) is 10.0. The predicted octanol–water partition coefficient (Wildman–Crippen LogP) is 2.23. The molecule has 0 saturated heterocycles. The standard InChI is InChI=1S/C17H17FN2O3/c1-2-23-14-9-7-12(8-10-14)17(22)20-19-16(21)11-13-5-3-4-6-15(13)18/h3-10H,2,11H2,1H3,(H,19,21)(H,20,22). The molecule has 2 rings (SSSR count). The second kappa shape index (κ2) is 7.93. The molecule has 0 unspecified atom stereocenters. The molecule has 5 nitrogen and oxygen atoms in total. The Balaban J connectivity index is 1.86. The van der Waals surface area contributed by atoms with Gasteiger partial charge >= 0.3 is 0 Å². The fraction of sp³-hybridized carbons (Fsp3) is 0.176. The zero-order valence-electron chi connectivity index (χ0n) is 12.6. The number of halogens is 1. The summed E-state index contributed by atoms with van der Waals surface area (Å²) in [5.41, 5.74) is 5.19. The number of benzene rings is 2. The lowest BCUT2D eigenvalue weighted by Gasteiger charge is -2.08. The lowest BCUT2D eigenvalue weighted by atomic mass is 10.1. The van der Waals surface area contributed by atoms with Crippen LogP contribution in [0, 0.1) is 5.82 Å². The molecule has 2 aromatic rings. The van der Waals surface area contributed by atoms with Crippen molar-refractivity contribution in [2.75, 3.05) is 6.61 Å². The van der Waals surface area contributed by atoms with Crippen LogP contribution in [0.15, 0.2) is 48.5 Å². The van der Waals surface area contributed by atoms with E-state index in [4.69, 9.17) is 4.74 Å². The second-order valence-corrected chi connectivity index (χ2v) is 4.73. The Hall–Kier alpha value is -2.89. The highest BCUT2D eigenvalue weighted by Crippen LogP contribution is 2.11. The van der Waals surface area contributed by atoms with Crippen LogP contribution in [0.3, 0.4) is 0 Å². The van der Waals surface area contributed by atoms with Gasteiger partial charge in [-0.1, -0.05) is 18.2 Å². The third-order valence-corrected chi connectivity index (χ3v) is 3.05. The van der Waals surface area contributed by atoms with E-state index in [2.05, 4.69) is 10.9 Å². The van der Waals surface area contributed by atoms with E-state index < -0.39 is 17.6 Å². The van der Waals surface area contributed by atoms with Gasteiger partial charge < -0.3 is 4.74 Å². The summed E-state index contributed by atoms with van der Waals surface area (Å²) in [5.74, 6) is -0.766. The highest BCUT2D eigenvalue weighted by molar-refractivity contribution is 5.95. The largest absolute Gasteiger partial charge is 0.494 e. The maximum Gasteiger partial charge on any atom is 0.269 e. The van der Waals surface area contributed by atoms with Gasteiger partial charge in [0.2, 0.25) is 5.91 Å². The molecule has 0 radical (unpaired) electrons. The Labute approximate surface area is 133 Å². The van der Waals surface area contributed by atoms with Crippen molar-refractivity contribution in [1.82, 2.24) is 10.9 Å². The first-order valence-corrected chi connectivity index (χ1v) is 7.15. The highest BCUT2D eigenvalue weighted by Gasteiger charge is 2.10. The van der Waals surface area contributed by atoms with E-state index in [0.29, 0.717) is 17.9 Å². The molecular weight excluding hydrogens is 299 g/mol. The summed E-state index contributed by atoms with van der Waals surface area (Å²) in [6.07, 6.45) is -0.157. The van der Waals surface area contributed by atoms with Crippen molar-refractivity contribution in [3.05, 3.63) is 65.5 Å². The lowest BCUT2D eigenvalue weighted by Crippen LogP contribution is -2.42. The SMILES string of the molecule is CCOc1ccc(C(=O)NNC(=O)Cc2ccccc2F)cc1. The molecule has 0 spiro atoms. The van der Waals surface area contributed by atoms with Crippen LogP contribution in [0.1, 0.15) is 22.8 Å². The van der Waals surface area contributed by atoms with Gasteiger partial charge in [-0.2, -0.15) is 0 Å². The molecule has 0 aromatic heterocycles. The molecule has 0 bridgehead atoms. The van der Waals surface area contributed by atoms with Crippen LogP contribution in [0.2, 0.25) is 0 Å². The quantitative estimate of drug-likeness (QED) is 0.831. The van der Waals surface area contributed by atoms with E-state index in [-0.39, 0.29) is 12.0 Å². The number of carbonyl (C=O) groups is 2. The summed E-state index contributed by atoms with van der Waals surface area (Å²) in [4.78, 5) is 23.6. The van der Waals surface area contributed by atoms with Crippen LogP contribution >= 0.6 is 0 Å². The fourth-order valence-corrected chi connectivity index (χ4v) is 1.93. The summed E-state index contributed by atoms with van der Waals surface area (Å²) in [5, 5.41) is 0. The van der Waals surface area contributed by atoms with E-state index in [0.717, 1.165) is 0 Å². The van der Waals surface area contributed by atoms with Crippen LogP contribution in [0.25, 0.3) is 0 Å². The zero-order valence-corrected chi connectivity index (χ0v) is 12.6. The van der Waals surface area contributed by atoms with Crippen molar-refractivity contribution in [1.29, 1.82) is 0 Å². The Morgan fingerprint density at radius 1 is 1.04 bits per heavy atom. The number of carbonyl (C=O) groups excluding carboxylic acids is 2. The third-order valence-electron chi connectivity index (χ3n) is 3.05. The Bertz CT molecular complexity index is 686. The average molecular weight is 316 g/mol. The van der Waals surface area contributed by atoms with Gasteiger partial charge in [-0.15, -0.1) is 0 Å². The van der Waals surface area contributed by atoms with Gasteiger partial charge in [-0.3, -0.25) is 20.4 Å². The van der Waals surface area contributed by atoms with E-state index in [9.17, 15) is 14.0 Å². The Morgan fingerprint density at radius 2 is 1.74 bits per heavy atom. The van der Waals surface area contributed by atoms with Crippen molar-refractivity contribution in [3.8, 4) is 5.75 Å². The Kier molecular flexibility index (Phi) is 5.68. The minimum Gasteiger partial charge on any atom is -0.494 e. The third kappa shape index (κ3) is 4.81. The van der Waals surface area contributed by atoms with Crippen LogP contribution < -0.4 is 15.6 Å². The molecule has 120 valence electrons. The molecule has 2 amide bonds. The van der Waals surface area contributed by atoms with E-state index in [1.54, 1.807) is 36.4 Å². The molecule has 23 heavy (non-hydrogen) atoms. The molecule has 0 atom stereocenters. The van der Waals surface area contributed by atoms with Gasteiger partial charge in [0.1, 0.15) is 11.6 Å². The van der Waals surface area contributed by atoms with Gasteiger partial charge in [-0.25, -0.2) is 4.39 Å². The molecule has 0 aliphatic carbocycles. The molecule has 2 aromatic carbocycles. The number of ether oxygens (including phenoxy) is 1. The minimum absolute atomic E-state index is 0.157. The average Bonchev–Trinajstić information content (AvgIpc) is 2.56. The van der Waals surface area contributed by atoms with E-state index in [1.807, 2.05) is 6.92 Å². The molecule has 0 saturated carbocycles. The molecule has 0 heterocycles. The second-order valence-electron chi connectivity index (χ2n) is 4.73. The number of nitrogens with one attached hydrogen (secondary N) is 2. The van der Waals surface area contributed by atoms with E-state index >= 15 is 0 Å². The van der Waals surface area contributed by atoms with Gasteiger partial charge in [0, 0.05) is 5.56 Å². The summed E-state index contributed by atoms with van der Waals surface area (Å²) < 4.78 is 18.7. The van der Waals surface area contributed by atoms with Crippen LogP contribution in [0.5, 0.6) is 5.75 Å². The number of hydrogen-bond acceptors (Lipinski definition) is 3. The summed E-state index contributed by atoms with van der Waals surface area (Å²) in [7, 11) is 0. The first-order valence-electron chi connectivity index (χ1n) is 7.15. The van der Waals surface area contributed by atoms with Gasteiger partial charge in [0.05, 0.1) is 13.0 Å². The van der Waals surface area contributed by atoms with E-state index in [1.165, 1.54) is 12.1 Å². The van der Waals surface area contributed by atoms with Gasteiger partial charge in [0.15, 0.2) is 0 Å². The lowest BCUT2D eigenvalue weighted by molar-refractivity contribution is -0.121. The summed E-state index contributed by atoms with van der Waals surface area (Å²) >= 11 is 0. The number of amides is 2. The fourth-order valence-electron chi connectivity index (χ4n) is 1.93. The molecule has 0 aliphatic rings. The first kappa shape index (κ1) is 16.5. The first-order chi connectivity index (χ1) is 11.1. The molecule has 0 fully saturated rings. The maximum absolute atomic E-state index is 13.4.